The zero-order chi connectivity index (χ0) is 18.8. The highest BCUT2D eigenvalue weighted by Gasteiger charge is 2.29. The largest absolute Gasteiger partial charge is 0.480 e. The van der Waals surface area contributed by atoms with Crippen molar-refractivity contribution < 1.29 is 24.3 Å². The molecule has 2 aromatic rings. The summed E-state index contributed by atoms with van der Waals surface area (Å²) >= 11 is 0. The lowest BCUT2D eigenvalue weighted by Gasteiger charge is -2.15. The minimum absolute atomic E-state index is 0.117. The summed E-state index contributed by atoms with van der Waals surface area (Å²) in [5.74, 6) is -2.52. The van der Waals surface area contributed by atoms with E-state index in [1.54, 1.807) is 42.5 Å². The number of carboxylic acid groups (broad SMARTS) is 1. The van der Waals surface area contributed by atoms with E-state index in [0.29, 0.717) is 22.4 Å². The van der Waals surface area contributed by atoms with E-state index in [0.717, 1.165) is 5.56 Å². The van der Waals surface area contributed by atoms with Gasteiger partial charge in [-0.05, 0) is 11.6 Å². The van der Waals surface area contributed by atoms with Gasteiger partial charge in [-0.3, -0.25) is 14.4 Å². The number of fused-ring (bicyclic) bond motifs is 3. The quantitative estimate of drug-likeness (QED) is 0.648. The van der Waals surface area contributed by atoms with Crippen molar-refractivity contribution in [2.75, 3.05) is 5.32 Å². The molecule has 0 spiro atoms. The summed E-state index contributed by atoms with van der Waals surface area (Å²) in [5, 5.41) is 14.0. The molecular formula is C19H16N2O5. The molecule has 0 radical (unpaired) electrons. The van der Waals surface area contributed by atoms with E-state index in [2.05, 4.69) is 10.6 Å². The number of aliphatic carboxylic acids is 1. The molecule has 1 aliphatic carbocycles. The van der Waals surface area contributed by atoms with E-state index in [1.165, 1.54) is 6.92 Å². The number of carbonyl (C=O) groups excluding carboxylic acids is 3. The van der Waals surface area contributed by atoms with Gasteiger partial charge in [-0.1, -0.05) is 36.4 Å². The van der Waals surface area contributed by atoms with Crippen molar-refractivity contribution in [3.8, 4) is 11.1 Å². The topological polar surface area (TPSA) is 113 Å². The zero-order valence-electron chi connectivity index (χ0n) is 13.9. The van der Waals surface area contributed by atoms with Crippen LogP contribution in [-0.4, -0.2) is 34.7 Å². The third-order valence-electron chi connectivity index (χ3n) is 4.09. The number of anilines is 1. The van der Waals surface area contributed by atoms with Gasteiger partial charge >= 0.3 is 5.97 Å². The van der Waals surface area contributed by atoms with E-state index < -0.39 is 30.2 Å². The third-order valence-corrected chi connectivity index (χ3v) is 4.09. The Bertz CT molecular complexity index is 935. The van der Waals surface area contributed by atoms with Gasteiger partial charge < -0.3 is 15.7 Å². The Hall–Kier alpha value is -3.48. The molecule has 3 rings (SSSR count). The Morgan fingerprint density at radius 3 is 2.31 bits per heavy atom. The van der Waals surface area contributed by atoms with Gasteiger partial charge in [-0.15, -0.1) is 0 Å². The Kier molecular flexibility index (Phi) is 4.53. The fourth-order valence-electron chi connectivity index (χ4n) is 3.01. The van der Waals surface area contributed by atoms with Crippen LogP contribution >= 0.6 is 0 Å². The molecule has 7 heteroatoms. The average Bonchev–Trinajstić information content (AvgIpc) is 2.88. The number of nitrogens with one attached hydrogen (secondary N) is 2. The highest BCUT2D eigenvalue weighted by atomic mass is 16.4. The van der Waals surface area contributed by atoms with Gasteiger partial charge in [0, 0.05) is 29.3 Å². The molecule has 1 aliphatic rings. The third kappa shape index (κ3) is 3.19. The van der Waals surface area contributed by atoms with Crippen molar-refractivity contribution in [2.45, 2.75) is 19.4 Å². The Balaban J connectivity index is 1.87. The molecule has 26 heavy (non-hydrogen) atoms. The summed E-state index contributed by atoms with van der Waals surface area (Å²) in [6.45, 7) is 1.18. The first-order valence-corrected chi connectivity index (χ1v) is 7.95. The fraction of sp³-hybridized carbons (Fsp3) is 0.158. The summed E-state index contributed by atoms with van der Waals surface area (Å²) < 4.78 is 0. The normalized spacial score (nSPS) is 12.7. The summed E-state index contributed by atoms with van der Waals surface area (Å²) in [6.07, 6.45) is -0.422. The van der Waals surface area contributed by atoms with Crippen molar-refractivity contribution in [1.29, 1.82) is 0 Å². The molecule has 2 amide bonds. The number of rotatable bonds is 5. The second-order valence-corrected chi connectivity index (χ2v) is 5.95. The monoisotopic (exact) mass is 352 g/mol. The summed E-state index contributed by atoms with van der Waals surface area (Å²) in [5.41, 5.74) is 2.82. The molecule has 132 valence electrons. The predicted molar refractivity (Wildman–Crippen MR) is 93.8 cm³/mol. The number of carboxylic acids is 1. The van der Waals surface area contributed by atoms with Crippen LogP contribution < -0.4 is 10.6 Å². The van der Waals surface area contributed by atoms with Crippen LogP contribution in [0.5, 0.6) is 0 Å². The van der Waals surface area contributed by atoms with E-state index in [9.17, 15) is 19.2 Å². The first kappa shape index (κ1) is 17.3. The Labute approximate surface area is 149 Å². The van der Waals surface area contributed by atoms with E-state index in [1.807, 2.05) is 0 Å². The highest BCUT2D eigenvalue weighted by molar-refractivity contribution is 6.24. The van der Waals surface area contributed by atoms with E-state index in [4.69, 9.17) is 5.11 Å². The van der Waals surface area contributed by atoms with Crippen LogP contribution in [0.1, 0.15) is 29.3 Å². The second kappa shape index (κ2) is 6.79. The fourth-order valence-corrected chi connectivity index (χ4v) is 3.01. The summed E-state index contributed by atoms with van der Waals surface area (Å²) in [6, 6.07) is 10.8. The molecule has 0 unspecified atom stereocenters. The van der Waals surface area contributed by atoms with Gasteiger partial charge in [0.1, 0.15) is 6.04 Å². The molecule has 0 heterocycles. The first-order chi connectivity index (χ1) is 12.4. The number of carbonyl (C=O) groups is 4. The van der Waals surface area contributed by atoms with E-state index >= 15 is 0 Å². The highest BCUT2D eigenvalue weighted by Crippen LogP contribution is 2.41. The molecular weight excluding hydrogens is 336 g/mol. The van der Waals surface area contributed by atoms with Crippen LogP contribution in [0.15, 0.2) is 42.5 Å². The van der Waals surface area contributed by atoms with Crippen LogP contribution in [0.2, 0.25) is 0 Å². The molecule has 1 atom stereocenters. The molecule has 0 aromatic heterocycles. The van der Waals surface area contributed by atoms with Crippen molar-refractivity contribution in [3.05, 3.63) is 53.6 Å². The molecule has 2 aromatic carbocycles. The van der Waals surface area contributed by atoms with Gasteiger partial charge in [-0.2, -0.15) is 0 Å². The van der Waals surface area contributed by atoms with Crippen molar-refractivity contribution in [1.82, 2.24) is 5.32 Å². The summed E-state index contributed by atoms with van der Waals surface area (Å²) in [7, 11) is 0. The second-order valence-electron chi connectivity index (χ2n) is 5.95. The van der Waals surface area contributed by atoms with Crippen LogP contribution in [0.4, 0.5) is 5.69 Å². The van der Waals surface area contributed by atoms with Gasteiger partial charge in [0.15, 0.2) is 5.78 Å². The summed E-state index contributed by atoms with van der Waals surface area (Å²) in [4.78, 5) is 47.0. The Morgan fingerprint density at radius 2 is 1.65 bits per heavy atom. The van der Waals surface area contributed by atoms with Gasteiger partial charge in [0.25, 0.3) is 0 Å². The Morgan fingerprint density at radius 1 is 1.00 bits per heavy atom. The first-order valence-electron chi connectivity index (χ1n) is 7.95. The minimum atomic E-state index is -1.32. The van der Waals surface area contributed by atoms with Crippen LogP contribution in [-0.2, 0) is 14.4 Å². The standard InChI is InChI=1S/C19H16N2O5/c1-10(22)20-15(19(25)26)9-16(23)21-14-8-4-7-13-17(14)11-5-2-3-6-12(11)18(13)24/h2-8,15H,9H2,1H3,(H,20,22)(H,21,23)(H,25,26)/t15-/m0/s1. The smallest absolute Gasteiger partial charge is 0.326 e. The maximum atomic E-state index is 12.5. The van der Waals surface area contributed by atoms with Crippen LogP contribution in [0.25, 0.3) is 11.1 Å². The van der Waals surface area contributed by atoms with Crippen molar-refractivity contribution >= 4 is 29.3 Å². The molecule has 0 saturated heterocycles. The number of hydrogen-bond donors (Lipinski definition) is 3. The molecule has 3 N–H and O–H groups in total. The van der Waals surface area contributed by atoms with Crippen molar-refractivity contribution in [2.24, 2.45) is 0 Å². The molecule has 0 fully saturated rings. The van der Waals surface area contributed by atoms with E-state index in [-0.39, 0.29) is 5.78 Å². The molecule has 0 bridgehead atoms. The number of benzene rings is 2. The maximum absolute atomic E-state index is 12.5. The van der Waals surface area contributed by atoms with Gasteiger partial charge in [-0.25, -0.2) is 4.79 Å². The predicted octanol–water partition coefficient (Wildman–Crippen LogP) is 1.82. The minimum Gasteiger partial charge on any atom is -0.480 e. The van der Waals surface area contributed by atoms with Gasteiger partial charge in [0.05, 0.1) is 6.42 Å². The lowest BCUT2D eigenvalue weighted by atomic mass is 10.0. The SMILES string of the molecule is CC(=O)N[C@@H](CC(=O)Nc1cccc2c1-c1ccccc1C2=O)C(=O)O. The molecule has 7 nitrogen and oxygen atoms in total. The molecule has 0 aliphatic heterocycles. The zero-order valence-corrected chi connectivity index (χ0v) is 13.9. The van der Waals surface area contributed by atoms with Gasteiger partial charge in [0.2, 0.25) is 11.8 Å². The van der Waals surface area contributed by atoms with Crippen LogP contribution in [0, 0.1) is 0 Å². The maximum Gasteiger partial charge on any atom is 0.326 e. The van der Waals surface area contributed by atoms with Crippen molar-refractivity contribution in [3.63, 3.8) is 0 Å². The lowest BCUT2D eigenvalue weighted by Crippen LogP contribution is -2.42. The average molecular weight is 352 g/mol. The lowest BCUT2D eigenvalue weighted by molar-refractivity contribution is -0.142. The number of ketones is 1. The number of amides is 2. The number of hydrogen-bond acceptors (Lipinski definition) is 4. The molecule has 0 saturated carbocycles. The van der Waals surface area contributed by atoms with Crippen LogP contribution in [0.3, 0.4) is 0 Å².